The van der Waals surface area contributed by atoms with E-state index in [0.29, 0.717) is 31.2 Å². The van der Waals surface area contributed by atoms with Crippen molar-refractivity contribution in [2.24, 2.45) is 5.92 Å². The lowest BCUT2D eigenvalue weighted by Crippen LogP contribution is -2.50. The second-order valence-electron chi connectivity index (χ2n) is 6.70. The lowest BCUT2D eigenvalue weighted by Gasteiger charge is -2.33. The maximum Gasteiger partial charge on any atom is 0.119 e. The molecule has 1 saturated heterocycles. The van der Waals surface area contributed by atoms with Gasteiger partial charge >= 0.3 is 0 Å². The number of halogens is 1. The van der Waals surface area contributed by atoms with Crippen LogP contribution in [0.2, 0.25) is 0 Å². The van der Waals surface area contributed by atoms with Crippen molar-refractivity contribution in [1.82, 2.24) is 10.6 Å². The molecule has 0 spiro atoms. The van der Waals surface area contributed by atoms with Gasteiger partial charge in [0.05, 0.1) is 19.8 Å². The van der Waals surface area contributed by atoms with Gasteiger partial charge in [0, 0.05) is 32.3 Å². The van der Waals surface area contributed by atoms with Gasteiger partial charge in [-0.25, -0.2) is 0 Å². The van der Waals surface area contributed by atoms with Crippen LogP contribution in [0.15, 0.2) is 24.3 Å². The molecule has 1 aromatic carbocycles. The van der Waals surface area contributed by atoms with Crippen molar-refractivity contribution in [3.63, 3.8) is 0 Å². The Balaban J connectivity index is 0.00000225. The predicted molar refractivity (Wildman–Crippen MR) is 102 cm³/mol. The largest absolute Gasteiger partial charge is 0.491 e. The fraction of sp³-hybridized carbons (Fsp3) is 0.684. The van der Waals surface area contributed by atoms with Crippen LogP contribution in [0.3, 0.4) is 0 Å². The summed E-state index contributed by atoms with van der Waals surface area (Å²) >= 11 is 0. The smallest absolute Gasteiger partial charge is 0.119 e. The molecule has 3 unspecified atom stereocenters. The highest BCUT2D eigenvalue weighted by molar-refractivity contribution is 5.85. The van der Waals surface area contributed by atoms with Crippen LogP contribution in [0.25, 0.3) is 0 Å². The number of hydrogen-bond acceptors (Lipinski definition) is 5. The Bertz CT molecular complexity index is 480. The molecule has 3 rings (SSSR count). The molecule has 25 heavy (non-hydrogen) atoms. The van der Waals surface area contributed by atoms with Crippen LogP contribution < -0.4 is 15.4 Å². The average molecular weight is 371 g/mol. The maximum absolute atomic E-state index is 5.65. The molecule has 2 aliphatic rings. The molecule has 1 saturated carbocycles. The number of hydrogen-bond donors (Lipinski definition) is 2. The molecule has 1 heterocycles. The Morgan fingerprint density at radius 2 is 2.04 bits per heavy atom. The van der Waals surface area contributed by atoms with Gasteiger partial charge in [-0.15, -0.1) is 12.4 Å². The highest BCUT2D eigenvalue weighted by atomic mass is 35.5. The van der Waals surface area contributed by atoms with E-state index in [1.54, 1.807) is 7.11 Å². The predicted octanol–water partition coefficient (Wildman–Crippen LogP) is 2.38. The normalized spacial score (nSPS) is 26.2. The fourth-order valence-corrected chi connectivity index (χ4v) is 3.78. The van der Waals surface area contributed by atoms with Crippen molar-refractivity contribution in [3.8, 4) is 5.75 Å². The summed E-state index contributed by atoms with van der Waals surface area (Å²) in [5.41, 5.74) is 1.30. The molecule has 1 aliphatic heterocycles. The third kappa shape index (κ3) is 6.12. The second-order valence-corrected chi connectivity index (χ2v) is 6.70. The summed E-state index contributed by atoms with van der Waals surface area (Å²) in [5.74, 6) is 1.58. The Morgan fingerprint density at radius 3 is 2.76 bits per heavy atom. The number of benzene rings is 1. The molecule has 2 fully saturated rings. The Kier molecular flexibility index (Phi) is 8.99. The molecule has 3 atom stereocenters. The summed E-state index contributed by atoms with van der Waals surface area (Å²) in [6.45, 7) is 4.81. The third-order valence-electron chi connectivity index (χ3n) is 5.08. The molecule has 5 nitrogen and oxygen atoms in total. The van der Waals surface area contributed by atoms with Gasteiger partial charge in [-0.1, -0.05) is 18.6 Å². The minimum atomic E-state index is 0. The van der Waals surface area contributed by atoms with E-state index >= 15 is 0 Å². The molecule has 0 radical (unpaired) electrons. The number of nitrogens with one attached hydrogen (secondary N) is 2. The standard InChI is InChI=1S/C19H30N2O3.ClH/c1-22-11-12-24-16-7-5-15(6-8-16)13-21-18-4-2-3-17(18)19-14-23-10-9-20-19;/h5-8,17-21H,2-4,9-14H2,1H3;1H. The first-order valence-corrected chi connectivity index (χ1v) is 9.12. The topological polar surface area (TPSA) is 51.8 Å². The van der Waals surface area contributed by atoms with E-state index in [4.69, 9.17) is 14.2 Å². The Hall–Kier alpha value is -0.850. The van der Waals surface area contributed by atoms with Crippen LogP contribution >= 0.6 is 12.4 Å². The van der Waals surface area contributed by atoms with Crippen LogP contribution in [-0.4, -0.2) is 52.2 Å². The molecule has 1 aromatic rings. The lowest BCUT2D eigenvalue weighted by atomic mass is 9.94. The van der Waals surface area contributed by atoms with E-state index < -0.39 is 0 Å². The molecule has 0 amide bonds. The average Bonchev–Trinajstić information content (AvgIpc) is 3.11. The third-order valence-corrected chi connectivity index (χ3v) is 5.08. The van der Waals surface area contributed by atoms with Crippen molar-refractivity contribution < 1.29 is 14.2 Å². The molecular formula is C19H31ClN2O3. The van der Waals surface area contributed by atoms with E-state index in [1.165, 1.54) is 24.8 Å². The molecule has 0 aromatic heterocycles. The van der Waals surface area contributed by atoms with Gasteiger partial charge in [-0.3, -0.25) is 0 Å². The minimum absolute atomic E-state index is 0. The molecular weight excluding hydrogens is 340 g/mol. The zero-order valence-corrected chi connectivity index (χ0v) is 15.9. The fourth-order valence-electron chi connectivity index (χ4n) is 3.78. The Labute approximate surface area is 157 Å². The number of ether oxygens (including phenoxy) is 3. The number of rotatable bonds is 8. The van der Waals surface area contributed by atoms with Gasteiger partial charge in [0.1, 0.15) is 12.4 Å². The van der Waals surface area contributed by atoms with E-state index in [1.807, 2.05) is 12.1 Å². The molecule has 142 valence electrons. The second kappa shape index (κ2) is 11.0. The monoisotopic (exact) mass is 370 g/mol. The molecule has 0 bridgehead atoms. The van der Waals surface area contributed by atoms with Crippen LogP contribution in [0, 0.1) is 5.92 Å². The van der Waals surface area contributed by atoms with Crippen LogP contribution in [-0.2, 0) is 16.0 Å². The van der Waals surface area contributed by atoms with Crippen LogP contribution in [0.1, 0.15) is 24.8 Å². The van der Waals surface area contributed by atoms with Crippen molar-refractivity contribution >= 4 is 12.4 Å². The summed E-state index contributed by atoms with van der Waals surface area (Å²) in [5, 5.41) is 7.39. The summed E-state index contributed by atoms with van der Waals surface area (Å²) < 4.78 is 16.2. The zero-order chi connectivity index (χ0) is 16.6. The van der Waals surface area contributed by atoms with Crippen LogP contribution in [0.5, 0.6) is 5.75 Å². The number of methoxy groups -OCH3 is 1. The van der Waals surface area contributed by atoms with Gasteiger partial charge in [0.25, 0.3) is 0 Å². The van der Waals surface area contributed by atoms with Crippen molar-refractivity contribution in [2.75, 3.05) is 40.1 Å². The summed E-state index contributed by atoms with van der Waals surface area (Å²) in [7, 11) is 1.68. The van der Waals surface area contributed by atoms with Gasteiger partial charge in [-0.2, -0.15) is 0 Å². The highest BCUT2D eigenvalue weighted by Crippen LogP contribution is 2.29. The SMILES string of the molecule is COCCOc1ccc(CNC2CCCC2C2COCCN2)cc1.Cl. The van der Waals surface area contributed by atoms with Crippen molar-refractivity contribution in [3.05, 3.63) is 29.8 Å². The zero-order valence-electron chi connectivity index (χ0n) is 15.0. The highest BCUT2D eigenvalue weighted by Gasteiger charge is 2.34. The van der Waals surface area contributed by atoms with Crippen LogP contribution in [0.4, 0.5) is 0 Å². The number of morpholine rings is 1. The van der Waals surface area contributed by atoms with E-state index in [0.717, 1.165) is 32.1 Å². The van der Waals surface area contributed by atoms with Gasteiger partial charge in [0.15, 0.2) is 0 Å². The maximum atomic E-state index is 5.65. The molecule has 2 N–H and O–H groups in total. The molecule has 1 aliphatic carbocycles. The van der Waals surface area contributed by atoms with Crippen molar-refractivity contribution in [2.45, 2.75) is 37.9 Å². The molecule has 6 heteroatoms. The van der Waals surface area contributed by atoms with Gasteiger partial charge in [0.2, 0.25) is 0 Å². The first-order chi connectivity index (χ1) is 11.9. The summed E-state index contributed by atoms with van der Waals surface area (Å²) in [6, 6.07) is 9.45. The van der Waals surface area contributed by atoms with Gasteiger partial charge < -0.3 is 24.8 Å². The minimum Gasteiger partial charge on any atom is -0.491 e. The quantitative estimate of drug-likeness (QED) is 0.688. The first kappa shape index (κ1) is 20.5. The summed E-state index contributed by atoms with van der Waals surface area (Å²) in [6.07, 6.45) is 3.87. The van der Waals surface area contributed by atoms with E-state index in [-0.39, 0.29) is 12.4 Å². The first-order valence-electron chi connectivity index (χ1n) is 9.12. The lowest BCUT2D eigenvalue weighted by molar-refractivity contribution is 0.0524. The van der Waals surface area contributed by atoms with E-state index in [2.05, 4.69) is 22.8 Å². The Morgan fingerprint density at radius 1 is 1.20 bits per heavy atom. The van der Waals surface area contributed by atoms with Crippen molar-refractivity contribution in [1.29, 1.82) is 0 Å². The van der Waals surface area contributed by atoms with Gasteiger partial charge in [-0.05, 0) is 36.5 Å². The van der Waals surface area contributed by atoms with E-state index in [9.17, 15) is 0 Å². The summed E-state index contributed by atoms with van der Waals surface area (Å²) in [4.78, 5) is 0.